The highest BCUT2D eigenvalue weighted by atomic mass is 28.4. The van der Waals surface area contributed by atoms with Crippen molar-refractivity contribution in [2.45, 2.75) is 77.9 Å². The molecular formula is C14H30OSi. The molecule has 0 aromatic rings. The van der Waals surface area contributed by atoms with Crippen LogP contribution >= 0.6 is 0 Å². The molecule has 0 aliphatic heterocycles. The first-order valence-corrected chi connectivity index (χ1v) is 8.86. The third kappa shape index (κ3) is 3.65. The summed E-state index contributed by atoms with van der Waals surface area (Å²) in [4.78, 5) is 0. The lowest BCUT2D eigenvalue weighted by atomic mass is 10.3. The van der Waals surface area contributed by atoms with Crippen molar-refractivity contribution in [2.24, 2.45) is 0 Å². The number of allylic oxidation sites excluding steroid dienone is 1. The minimum Gasteiger partial charge on any atom is -0.548 e. The molecule has 0 aromatic heterocycles. The minimum atomic E-state index is -1.66. The zero-order chi connectivity index (χ0) is 12.8. The third-order valence-corrected chi connectivity index (χ3v) is 9.49. The van der Waals surface area contributed by atoms with E-state index in [-0.39, 0.29) is 0 Å². The van der Waals surface area contributed by atoms with E-state index >= 15 is 0 Å². The second kappa shape index (κ2) is 7.15. The maximum Gasteiger partial charge on any atom is 0.257 e. The van der Waals surface area contributed by atoms with E-state index in [1.807, 2.05) is 6.26 Å². The van der Waals surface area contributed by atoms with Gasteiger partial charge in [-0.2, -0.15) is 0 Å². The van der Waals surface area contributed by atoms with Gasteiger partial charge in [0.05, 0.1) is 6.26 Å². The Balaban J connectivity index is 4.77. The van der Waals surface area contributed by atoms with Gasteiger partial charge in [-0.3, -0.25) is 0 Å². The summed E-state index contributed by atoms with van der Waals surface area (Å²) in [6.07, 6.45) is 6.48. The molecule has 96 valence electrons. The molecule has 0 N–H and O–H groups in total. The van der Waals surface area contributed by atoms with Crippen molar-refractivity contribution < 1.29 is 4.43 Å². The molecule has 16 heavy (non-hydrogen) atoms. The Hall–Kier alpha value is -0.243. The Bertz CT molecular complexity index is 185. The largest absolute Gasteiger partial charge is 0.548 e. The Kier molecular flexibility index (Phi) is 7.05. The zero-order valence-electron chi connectivity index (χ0n) is 12.2. The summed E-state index contributed by atoms with van der Waals surface area (Å²) in [6, 6.07) is 0. The van der Waals surface area contributed by atoms with Crippen LogP contribution in [0.15, 0.2) is 12.3 Å². The van der Waals surface area contributed by atoms with Crippen molar-refractivity contribution >= 4 is 8.32 Å². The molecule has 0 rings (SSSR count). The van der Waals surface area contributed by atoms with Crippen LogP contribution < -0.4 is 0 Å². The van der Waals surface area contributed by atoms with E-state index in [0.717, 1.165) is 6.42 Å². The summed E-state index contributed by atoms with van der Waals surface area (Å²) in [6.45, 7) is 16.1. The normalized spacial score (nSPS) is 13.4. The van der Waals surface area contributed by atoms with Crippen LogP contribution in [-0.2, 0) is 4.43 Å². The monoisotopic (exact) mass is 242 g/mol. The van der Waals surface area contributed by atoms with Crippen molar-refractivity contribution in [3.05, 3.63) is 12.3 Å². The fraction of sp³-hybridized carbons (Fsp3) is 0.857. The molecule has 0 heterocycles. The number of unbranched alkanes of at least 4 members (excludes halogenated alkanes) is 1. The van der Waals surface area contributed by atoms with Crippen molar-refractivity contribution in [1.29, 1.82) is 0 Å². The zero-order valence-corrected chi connectivity index (χ0v) is 13.2. The van der Waals surface area contributed by atoms with Gasteiger partial charge in [0, 0.05) is 0 Å². The van der Waals surface area contributed by atoms with Gasteiger partial charge in [0.25, 0.3) is 8.32 Å². The van der Waals surface area contributed by atoms with Crippen LogP contribution in [0.3, 0.4) is 0 Å². The molecule has 0 saturated carbocycles. The van der Waals surface area contributed by atoms with Crippen LogP contribution in [-0.4, -0.2) is 8.32 Å². The molecule has 0 amide bonds. The maximum atomic E-state index is 6.27. The van der Waals surface area contributed by atoms with Crippen LogP contribution in [0.1, 0.15) is 61.3 Å². The molecule has 1 nitrogen and oxygen atoms in total. The number of hydrogen-bond donors (Lipinski definition) is 0. The molecule has 0 bridgehead atoms. The molecule has 0 radical (unpaired) electrons. The molecular weight excluding hydrogens is 212 g/mol. The molecule has 0 saturated heterocycles. The van der Waals surface area contributed by atoms with Crippen LogP contribution in [0, 0.1) is 0 Å². The number of rotatable bonds is 7. The summed E-state index contributed by atoms with van der Waals surface area (Å²) < 4.78 is 6.27. The molecule has 2 heteroatoms. The van der Waals surface area contributed by atoms with Gasteiger partial charge in [-0.05, 0) is 23.0 Å². The second-order valence-corrected chi connectivity index (χ2v) is 11.0. The average Bonchev–Trinajstić information content (AvgIpc) is 2.16. The van der Waals surface area contributed by atoms with E-state index in [1.165, 1.54) is 6.42 Å². The smallest absolute Gasteiger partial charge is 0.257 e. The summed E-state index contributed by atoms with van der Waals surface area (Å²) in [5, 5.41) is 0. The van der Waals surface area contributed by atoms with Gasteiger partial charge in [0.15, 0.2) is 0 Å². The maximum absolute atomic E-state index is 6.27. The van der Waals surface area contributed by atoms with Gasteiger partial charge in [-0.25, -0.2) is 0 Å². The van der Waals surface area contributed by atoms with Gasteiger partial charge in [-0.15, -0.1) is 0 Å². The standard InChI is InChI=1S/C14H30OSi/c1-8-9-10-11-15-16(12(2)3,13(4)5)14(6)7/h10-14H,8-9H2,1-7H3/b11-10+. The predicted molar refractivity (Wildman–Crippen MR) is 76.2 cm³/mol. The highest BCUT2D eigenvalue weighted by Gasteiger charge is 2.46. The molecule has 0 atom stereocenters. The molecule has 0 unspecified atom stereocenters. The predicted octanol–water partition coefficient (Wildman–Crippen LogP) is 5.49. The first-order chi connectivity index (χ1) is 7.39. The van der Waals surface area contributed by atoms with E-state index in [9.17, 15) is 0 Å². The van der Waals surface area contributed by atoms with E-state index in [2.05, 4.69) is 54.5 Å². The third-order valence-electron chi connectivity index (χ3n) is 3.53. The van der Waals surface area contributed by atoms with E-state index in [1.54, 1.807) is 0 Å². The van der Waals surface area contributed by atoms with Gasteiger partial charge in [0.1, 0.15) is 0 Å². The lowest BCUT2D eigenvalue weighted by molar-refractivity contribution is 0.414. The minimum absolute atomic E-state index is 0.666. The lowest BCUT2D eigenvalue weighted by Gasteiger charge is -2.41. The molecule has 0 spiro atoms. The van der Waals surface area contributed by atoms with E-state index < -0.39 is 8.32 Å². The van der Waals surface area contributed by atoms with Gasteiger partial charge >= 0.3 is 0 Å². The van der Waals surface area contributed by atoms with Crippen molar-refractivity contribution in [2.75, 3.05) is 0 Å². The highest BCUT2D eigenvalue weighted by Crippen LogP contribution is 2.42. The van der Waals surface area contributed by atoms with Gasteiger partial charge in [-0.1, -0.05) is 61.0 Å². The highest BCUT2D eigenvalue weighted by molar-refractivity contribution is 6.77. The first kappa shape index (κ1) is 15.8. The molecule has 0 aromatic carbocycles. The van der Waals surface area contributed by atoms with Gasteiger partial charge in [0.2, 0.25) is 0 Å². The Labute approximate surface area is 103 Å². The van der Waals surface area contributed by atoms with Crippen LogP contribution in [0.5, 0.6) is 0 Å². The van der Waals surface area contributed by atoms with Gasteiger partial charge < -0.3 is 4.43 Å². The first-order valence-electron chi connectivity index (χ1n) is 6.72. The molecule has 0 aliphatic rings. The van der Waals surface area contributed by atoms with Crippen LogP contribution in [0.4, 0.5) is 0 Å². The second-order valence-electron chi connectivity index (χ2n) is 5.60. The summed E-state index contributed by atoms with van der Waals surface area (Å²) in [5.74, 6) is 0. The Morgan fingerprint density at radius 2 is 1.38 bits per heavy atom. The topological polar surface area (TPSA) is 9.23 Å². The van der Waals surface area contributed by atoms with Crippen LogP contribution in [0.25, 0.3) is 0 Å². The fourth-order valence-corrected chi connectivity index (χ4v) is 7.96. The molecule has 0 fully saturated rings. The Morgan fingerprint density at radius 1 is 0.938 bits per heavy atom. The van der Waals surface area contributed by atoms with Crippen molar-refractivity contribution in [3.8, 4) is 0 Å². The fourth-order valence-electron chi connectivity index (χ4n) is 2.81. The van der Waals surface area contributed by atoms with E-state index in [0.29, 0.717) is 16.6 Å². The van der Waals surface area contributed by atoms with E-state index in [4.69, 9.17) is 4.43 Å². The summed E-state index contributed by atoms with van der Waals surface area (Å²) >= 11 is 0. The molecule has 0 aliphatic carbocycles. The number of hydrogen-bond acceptors (Lipinski definition) is 1. The Morgan fingerprint density at radius 3 is 1.69 bits per heavy atom. The van der Waals surface area contributed by atoms with Crippen molar-refractivity contribution in [1.82, 2.24) is 0 Å². The quantitative estimate of drug-likeness (QED) is 0.423. The SMILES string of the molecule is CCC/C=C/O[Si](C(C)C)(C(C)C)C(C)C. The average molecular weight is 242 g/mol. The summed E-state index contributed by atoms with van der Waals surface area (Å²) in [7, 11) is -1.66. The summed E-state index contributed by atoms with van der Waals surface area (Å²) in [5.41, 5.74) is 2.00. The lowest BCUT2D eigenvalue weighted by Crippen LogP contribution is -2.46. The van der Waals surface area contributed by atoms with Crippen molar-refractivity contribution in [3.63, 3.8) is 0 Å². The van der Waals surface area contributed by atoms with Crippen LogP contribution in [0.2, 0.25) is 16.6 Å².